The predicted molar refractivity (Wildman–Crippen MR) is 73.6 cm³/mol. The van der Waals surface area contributed by atoms with Crippen LogP contribution in [-0.4, -0.2) is 32.7 Å². The van der Waals surface area contributed by atoms with E-state index in [1.807, 2.05) is 0 Å². The molecule has 2 N–H and O–H groups in total. The number of aliphatic hydroxyl groups excluding tert-OH is 1. The van der Waals surface area contributed by atoms with Crippen LogP contribution in [0.3, 0.4) is 0 Å². The topological polar surface area (TPSA) is 84.3 Å². The maximum absolute atomic E-state index is 11.9. The van der Waals surface area contributed by atoms with Crippen LogP contribution in [0.25, 0.3) is 0 Å². The van der Waals surface area contributed by atoms with E-state index in [2.05, 4.69) is 20.9 Å². The van der Waals surface area contributed by atoms with E-state index in [0.717, 1.165) is 0 Å². The third kappa shape index (κ3) is 2.69. The Labute approximate surface area is 121 Å². The van der Waals surface area contributed by atoms with Crippen LogP contribution in [0.4, 0.5) is 0 Å². The standard InChI is InChI=1S/C11H12BrClN2O4/c12-3-2-11(5-7(16)8(6-13)19-11)15-4-1-9(17)14-10(15)18/h1-4,7-8,16H,5-6H2,(H,14,17,18)/b3-2+/t7-,8+,11+/m0/s1. The monoisotopic (exact) mass is 350 g/mol. The second-order valence-corrected chi connectivity index (χ2v) is 5.04. The molecule has 3 atom stereocenters. The van der Waals surface area contributed by atoms with Crippen molar-refractivity contribution in [2.45, 2.75) is 24.4 Å². The first-order chi connectivity index (χ1) is 9.02. The molecule has 0 saturated carbocycles. The first-order valence-electron chi connectivity index (χ1n) is 5.54. The number of hydrogen-bond donors (Lipinski definition) is 2. The summed E-state index contributed by atoms with van der Waals surface area (Å²) in [4.78, 5) is 26.7. The van der Waals surface area contributed by atoms with Crippen molar-refractivity contribution in [3.8, 4) is 0 Å². The van der Waals surface area contributed by atoms with Gasteiger partial charge >= 0.3 is 5.69 Å². The quantitative estimate of drug-likeness (QED) is 0.776. The highest BCUT2D eigenvalue weighted by atomic mass is 79.9. The number of alkyl halides is 1. The van der Waals surface area contributed by atoms with Crippen molar-refractivity contribution in [3.05, 3.63) is 44.2 Å². The lowest BCUT2D eigenvalue weighted by molar-refractivity contribution is -0.0631. The molecule has 0 aliphatic carbocycles. The van der Waals surface area contributed by atoms with Crippen molar-refractivity contribution < 1.29 is 9.84 Å². The van der Waals surface area contributed by atoms with Crippen LogP contribution in [0.2, 0.25) is 0 Å². The minimum atomic E-state index is -1.16. The van der Waals surface area contributed by atoms with Crippen molar-refractivity contribution in [2.75, 3.05) is 5.88 Å². The fourth-order valence-corrected chi connectivity index (χ4v) is 2.79. The predicted octanol–water partition coefficient (Wildman–Crippen LogP) is 0.487. The molecule has 0 unspecified atom stereocenters. The number of nitrogens with zero attached hydrogens (tertiary/aromatic N) is 1. The van der Waals surface area contributed by atoms with Crippen molar-refractivity contribution in [1.82, 2.24) is 9.55 Å². The first-order valence-corrected chi connectivity index (χ1v) is 6.99. The molecule has 0 bridgehead atoms. The summed E-state index contributed by atoms with van der Waals surface area (Å²) >= 11 is 8.85. The summed E-state index contributed by atoms with van der Waals surface area (Å²) in [6.45, 7) is 0. The molecule has 1 aromatic heterocycles. The molecule has 1 saturated heterocycles. The highest BCUT2D eigenvalue weighted by molar-refractivity contribution is 9.11. The molecule has 1 aromatic rings. The van der Waals surface area contributed by atoms with Crippen molar-refractivity contribution in [3.63, 3.8) is 0 Å². The first kappa shape index (κ1) is 14.5. The van der Waals surface area contributed by atoms with Gasteiger partial charge in [0.2, 0.25) is 0 Å². The number of aromatic nitrogens is 2. The number of H-pyrrole nitrogens is 1. The lowest BCUT2D eigenvalue weighted by atomic mass is 10.1. The Morgan fingerprint density at radius 3 is 2.95 bits per heavy atom. The average Bonchev–Trinajstić information content (AvgIpc) is 2.66. The van der Waals surface area contributed by atoms with Crippen LogP contribution in [0.1, 0.15) is 6.42 Å². The molecule has 104 valence electrons. The Morgan fingerprint density at radius 2 is 2.42 bits per heavy atom. The van der Waals surface area contributed by atoms with Crippen molar-refractivity contribution in [1.29, 1.82) is 0 Å². The lowest BCUT2D eigenvalue weighted by Crippen LogP contribution is -2.42. The van der Waals surface area contributed by atoms with Crippen LogP contribution < -0.4 is 11.2 Å². The van der Waals surface area contributed by atoms with Gasteiger partial charge in [0.15, 0.2) is 5.72 Å². The van der Waals surface area contributed by atoms with Crippen molar-refractivity contribution >= 4 is 27.5 Å². The van der Waals surface area contributed by atoms with Crippen LogP contribution >= 0.6 is 27.5 Å². The second kappa shape index (κ2) is 5.62. The average molecular weight is 352 g/mol. The largest absolute Gasteiger partial charge is 0.390 e. The SMILES string of the molecule is O=c1ccn([C@@]2(/C=C/Br)C[C@H](O)[C@@H](CCl)O2)c(=O)[nH]1. The van der Waals surface area contributed by atoms with E-state index in [1.165, 1.54) is 21.8 Å². The molecule has 6 nitrogen and oxygen atoms in total. The van der Waals surface area contributed by atoms with Crippen LogP contribution in [0.15, 0.2) is 32.9 Å². The van der Waals surface area contributed by atoms with E-state index >= 15 is 0 Å². The molecule has 2 rings (SSSR count). The summed E-state index contributed by atoms with van der Waals surface area (Å²) in [6, 6.07) is 1.22. The van der Waals surface area contributed by atoms with Gasteiger partial charge in [-0.3, -0.25) is 14.3 Å². The summed E-state index contributed by atoms with van der Waals surface area (Å²) < 4.78 is 6.92. The van der Waals surface area contributed by atoms with Gasteiger partial charge in [0.05, 0.1) is 12.0 Å². The molecule has 1 aliphatic heterocycles. The van der Waals surface area contributed by atoms with E-state index < -0.39 is 29.2 Å². The van der Waals surface area contributed by atoms with Crippen LogP contribution in [-0.2, 0) is 10.5 Å². The Balaban J connectivity index is 2.52. The Morgan fingerprint density at radius 1 is 1.68 bits per heavy atom. The molecule has 0 amide bonds. The summed E-state index contributed by atoms with van der Waals surface area (Å²) in [6.07, 6.45) is 1.71. The summed E-state index contributed by atoms with van der Waals surface area (Å²) in [5.74, 6) is 0.108. The number of aromatic amines is 1. The van der Waals surface area contributed by atoms with Crippen LogP contribution in [0.5, 0.6) is 0 Å². The fraction of sp³-hybridized carbons (Fsp3) is 0.455. The molecule has 8 heteroatoms. The normalized spacial score (nSPS) is 31.1. The van der Waals surface area contributed by atoms with Gasteiger partial charge in [-0.2, -0.15) is 0 Å². The number of aliphatic hydroxyl groups is 1. The number of hydrogen-bond acceptors (Lipinski definition) is 4. The third-order valence-electron chi connectivity index (χ3n) is 2.99. The molecular weight excluding hydrogens is 339 g/mol. The summed E-state index contributed by atoms with van der Waals surface area (Å²) in [7, 11) is 0. The molecule has 0 spiro atoms. The summed E-state index contributed by atoms with van der Waals surface area (Å²) in [5.41, 5.74) is -2.27. The molecule has 0 radical (unpaired) electrons. The second-order valence-electron chi connectivity index (χ2n) is 4.20. The van der Waals surface area contributed by atoms with Gasteiger partial charge in [0.1, 0.15) is 6.10 Å². The Kier molecular flexibility index (Phi) is 4.29. The molecular formula is C11H12BrClN2O4. The van der Waals surface area contributed by atoms with E-state index in [9.17, 15) is 14.7 Å². The number of halogens is 2. The summed E-state index contributed by atoms with van der Waals surface area (Å²) in [5, 5.41) is 9.91. The molecule has 19 heavy (non-hydrogen) atoms. The van der Waals surface area contributed by atoms with E-state index in [-0.39, 0.29) is 12.3 Å². The molecule has 0 aromatic carbocycles. The van der Waals surface area contributed by atoms with Crippen molar-refractivity contribution in [2.24, 2.45) is 0 Å². The number of rotatable bonds is 3. The zero-order valence-corrected chi connectivity index (χ0v) is 12.1. The van der Waals surface area contributed by atoms with Gasteiger partial charge in [0, 0.05) is 18.7 Å². The highest BCUT2D eigenvalue weighted by Crippen LogP contribution is 2.36. The zero-order valence-electron chi connectivity index (χ0n) is 9.75. The Bertz CT molecular complexity index is 599. The highest BCUT2D eigenvalue weighted by Gasteiger charge is 2.45. The Hall–Kier alpha value is -0.890. The minimum Gasteiger partial charge on any atom is -0.390 e. The smallest absolute Gasteiger partial charge is 0.330 e. The number of ether oxygens (including phenoxy) is 1. The van der Waals surface area contributed by atoms with Gasteiger partial charge in [-0.1, -0.05) is 15.9 Å². The molecule has 1 fully saturated rings. The number of nitrogens with one attached hydrogen (secondary N) is 1. The minimum absolute atomic E-state index is 0.108. The third-order valence-corrected chi connectivity index (χ3v) is 3.56. The van der Waals surface area contributed by atoms with E-state index in [0.29, 0.717) is 0 Å². The molecule has 1 aliphatic rings. The van der Waals surface area contributed by atoms with Gasteiger partial charge in [-0.25, -0.2) is 4.79 Å². The maximum Gasteiger partial charge on any atom is 0.330 e. The van der Waals surface area contributed by atoms with Crippen LogP contribution in [0, 0.1) is 0 Å². The lowest BCUT2D eigenvalue weighted by Gasteiger charge is -2.27. The van der Waals surface area contributed by atoms with E-state index in [4.69, 9.17) is 16.3 Å². The maximum atomic E-state index is 11.9. The van der Waals surface area contributed by atoms with Gasteiger partial charge in [0.25, 0.3) is 5.56 Å². The molecule has 2 heterocycles. The van der Waals surface area contributed by atoms with E-state index in [1.54, 1.807) is 6.08 Å². The zero-order chi connectivity index (χ0) is 14.0. The fourth-order valence-electron chi connectivity index (χ4n) is 2.11. The van der Waals surface area contributed by atoms with Gasteiger partial charge in [-0.05, 0) is 11.1 Å². The van der Waals surface area contributed by atoms with Gasteiger partial charge < -0.3 is 9.84 Å². The van der Waals surface area contributed by atoms with Gasteiger partial charge in [-0.15, -0.1) is 11.6 Å².